The predicted octanol–water partition coefficient (Wildman–Crippen LogP) is 4.35. The Labute approximate surface area is 133 Å². The Morgan fingerprint density at radius 2 is 1.77 bits per heavy atom. The molecule has 0 aliphatic heterocycles. The van der Waals surface area contributed by atoms with Crippen LogP contribution in [0.1, 0.15) is 24.5 Å². The van der Waals surface area contributed by atoms with Crippen LogP contribution in [-0.2, 0) is 6.42 Å². The van der Waals surface area contributed by atoms with Gasteiger partial charge in [-0.15, -0.1) is 6.58 Å². The second-order valence-electron chi connectivity index (χ2n) is 6.10. The normalized spacial score (nSPS) is 14.9. The molecule has 2 nitrogen and oxygen atoms in total. The molecule has 0 heterocycles. The average molecular weight is 295 g/mol. The van der Waals surface area contributed by atoms with Crippen molar-refractivity contribution in [3.63, 3.8) is 0 Å². The zero-order chi connectivity index (χ0) is 16.0. The molecule has 2 atom stereocenters. The first-order valence-corrected chi connectivity index (χ1v) is 7.71. The maximum atomic E-state index is 10.8. The molecule has 2 aromatic carbocycles. The standard InChI is InChI=1S/C20H25NO/c1-4-14-20(3,22)19(15-17-8-6-5-7-9-17)21-18-12-10-16(2)11-13-18/h4-13,19,21-22H,1,14-15H2,2-3H3/t19-,20+/m0/s1. The molecule has 116 valence electrons. The van der Waals surface area contributed by atoms with Gasteiger partial charge in [-0.2, -0.15) is 0 Å². The highest BCUT2D eigenvalue weighted by Gasteiger charge is 2.30. The lowest BCUT2D eigenvalue weighted by Crippen LogP contribution is -2.45. The van der Waals surface area contributed by atoms with Gasteiger partial charge in [-0.25, -0.2) is 0 Å². The number of nitrogens with one attached hydrogen (secondary N) is 1. The van der Waals surface area contributed by atoms with Gasteiger partial charge in [0.2, 0.25) is 0 Å². The van der Waals surface area contributed by atoms with Gasteiger partial charge < -0.3 is 10.4 Å². The summed E-state index contributed by atoms with van der Waals surface area (Å²) < 4.78 is 0. The van der Waals surface area contributed by atoms with E-state index in [9.17, 15) is 5.11 Å². The Bertz CT molecular complexity index is 587. The summed E-state index contributed by atoms with van der Waals surface area (Å²) >= 11 is 0. The van der Waals surface area contributed by atoms with Crippen molar-refractivity contribution < 1.29 is 5.11 Å². The molecule has 0 unspecified atom stereocenters. The third-order valence-corrected chi connectivity index (χ3v) is 3.98. The van der Waals surface area contributed by atoms with Crippen molar-refractivity contribution in [1.29, 1.82) is 0 Å². The van der Waals surface area contributed by atoms with Gasteiger partial charge in [-0.3, -0.25) is 0 Å². The Morgan fingerprint density at radius 1 is 1.14 bits per heavy atom. The first-order chi connectivity index (χ1) is 10.5. The number of benzene rings is 2. The van der Waals surface area contributed by atoms with Gasteiger partial charge in [0.15, 0.2) is 0 Å². The number of hydrogen-bond donors (Lipinski definition) is 2. The molecule has 0 spiro atoms. The quantitative estimate of drug-likeness (QED) is 0.745. The van der Waals surface area contributed by atoms with Crippen LogP contribution < -0.4 is 5.32 Å². The topological polar surface area (TPSA) is 32.3 Å². The Kier molecular flexibility index (Phi) is 5.40. The van der Waals surface area contributed by atoms with Crippen molar-refractivity contribution in [2.24, 2.45) is 0 Å². The summed E-state index contributed by atoms with van der Waals surface area (Å²) in [6.45, 7) is 7.70. The summed E-state index contributed by atoms with van der Waals surface area (Å²) in [4.78, 5) is 0. The molecular weight excluding hydrogens is 270 g/mol. The van der Waals surface area contributed by atoms with Crippen molar-refractivity contribution in [3.8, 4) is 0 Å². The summed E-state index contributed by atoms with van der Waals surface area (Å²) in [5.74, 6) is 0. The summed E-state index contributed by atoms with van der Waals surface area (Å²) in [6, 6.07) is 18.4. The van der Waals surface area contributed by atoms with Crippen molar-refractivity contribution in [1.82, 2.24) is 0 Å². The fraction of sp³-hybridized carbons (Fsp3) is 0.300. The zero-order valence-corrected chi connectivity index (χ0v) is 13.4. The third-order valence-electron chi connectivity index (χ3n) is 3.98. The van der Waals surface area contributed by atoms with Crippen LogP contribution in [0.15, 0.2) is 67.3 Å². The Balaban J connectivity index is 2.20. The largest absolute Gasteiger partial charge is 0.388 e. The minimum absolute atomic E-state index is 0.0874. The average Bonchev–Trinajstić information content (AvgIpc) is 2.50. The summed E-state index contributed by atoms with van der Waals surface area (Å²) in [5, 5.41) is 14.3. The number of rotatable bonds is 7. The molecule has 0 bridgehead atoms. The molecule has 0 aromatic heterocycles. The molecule has 2 heteroatoms. The van der Waals surface area contributed by atoms with Crippen LogP contribution >= 0.6 is 0 Å². The van der Waals surface area contributed by atoms with E-state index in [0.717, 1.165) is 12.1 Å². The number of aryl methyl sites for hydroxylation is 1. The molecule has 0 saturated heterocycles. The highest BCUT2D eigenvalue weighted by Crippen LogP contribution is 2.23. The molecular formula is C20H25NO. The highest BCUT2D eigenvalue weighted by molar-refractivity contribution is 5.46. The van der Waals surface area contributed by atoms with E-state index < -0.39 is 5.60 Å². The van der Waals surface area contributed by atoms with Crippen LogP contribution in [0.5, 0.6) is 0 Å². The highest BCUT2D eigenvalue weighted by atomic mass is 16.3. The van der Waals surface area contributed by atoms with Gasteiger partial charge in [0, 0.05) is 5.69 Å². The van der Waals surface area contributed by atoms with Crippen LogP contribution in [0.25, 0.3) is 0 Å². The van der Waals surface area contributed by atoms with E-state index in [2.05, 4.69) is 55.2 Å². The van der Waals surface area contributed by atoms with Crippen molar-refractivity contribution in [3.05, 3.63) is 78.4 Å². The van der Waals surface area contributed by atoms with Crippen molar-refractivity contribution in [2.75, 3.05) is 5.32 Å². The third kappa shape index (κ3) is 4.47. The smallest absolute Gasteiger partial charge is 0.0857 e. The molecule has 0 saturated carbocycles. The van der Waals surface area contributed by atoms with Crippen LogP contribution in [0, 0.1) is 6.92 Å². The first kappa shape index (κ1) is 16.3. The molecule has 2 aromatic rings. The van der Waals surface area contributed by atoms with Gasteiger partial charge >= 0.3 is 0 Å². The van der Waals surface area contributed by atoms with Crippen LogP contribution in [0.3, 0.4) is 0 Å². The van der Waals surface area contributed by atoms with Crippen molar-refractivity contribution in [2.45, 2.75) is 38.3 Å². The van der Waals surface area contributed by atoms with E-state index in [1.165, 1.54) is 11.1 Å². The minimum atomic E-state index is -0.859. The Morgan fingerprint density at radius 3 is 2.36 bits per heavy atom. The maximum absolute atomic E-state index is 10.8. The second-order valence-corrected chi connectivity index (χ2v) is 6.10. The van der Waals surface area contributed by atoms with Crippen LogP contribution in [0.4, 0.5) is 5.69 Å². The van der Waals surface area contributed by atoms with Gasteiger partial charge in [-0.05, 0) is 44.4 Å². The van der Waals surface area contributed by atoms with Gasteiger partial charge in [-0.1, -0.05) is 54.1 Å². The lowest BCUT2D eigenvalue weighted by atomic mass is 9.87. The minimum Gasteiger partial charge on any atom is -0.388 e. The molecule has 0 amide bonds. The number of aliphatic hydroxyl groups is 1. The summed E-state index contributed by atoms with van der Waals surface area (Å²) in [6.07, 6.45) is 3.08. The first-order valence-electron chi connectivity index (χ1n) is 7.71. The van der Waals surface area contributed by atoms with Gasteiger partial charge in [0.05, 0.1) is 11.6 Å². The lowest BCUT2D eigenvalue weighted by Gasteiger charge is -2.34. The molecule has 0 radical (unpaired) electrons. The fourth-order valence-corrected chi connectivity index (χ4v) is 2.56. The summed E-state index contributed by atoms with van der Waals surface area (Å²) in [7, 11) is 0. The maximum Gasteiger partial charge on any atom is 0.0857 e. The predicted molar refractivity (Wildman–Crippen MR) is 94.2 cm³/mol. The van der Waals surface area contributed by atoms with E-state index in [1.54, 1.807) is 6.08 Å². The molecule has 0 aliphatic carbocycles. The van der Waals surface area contributed by atoms with E-state index in [1.807, 2.05) is 25.1 Å². The van der Waals surface area contributed by atoms with Gasteiger partial charge in [0.25, 0.3) is 0 Å². The van der Waals surface area contributed by atoms with Gasteiger partial charge in [0.1, 0.15) is 0 Å². The number of anilines is 1. The lowest BCUT2D eigenvalue weighted by molar-refractivity contribution is 0.0427. The van der Waals surface area contributed by atoms with E-state index >= 15 is 0 Å². The molecule has 2 N–H and O–H groups in total. The van der Waals surface area contributed by atoms with Crippen LogP contribution in [0.2, 0.25) is 0 Å². The van der Waals surface area contributed by atoms with E-state index in [-0.39, 0.29) is 6.04 Å². The van der Waals surface area contributed by atoms with E-state index in [0.29, 0.717) is 6.42 Å². The number of hydrogen-bond acceptors (Lipinski definition) is 2. The van der Waals surface area contributed by atoms with Crippen molar-refractivity contribution >= 4 is 5.69 Å². The SMILES string of the molecule is C=CC[C@@](C)(O)[C@H](Cc1ccccc1)Nc1ccc(C)cc1. The molecule has 0 fully saturated rings. The molecule has 0 aliphatic rings. The molecule has 2 rings (SSSR count). The van der Waals surface area contributed by atoms with Crippen LogP contribution in [-0.4, -0.2) is 16.7 Å². The summed E-state index contributed by atoms with van der Waals surface area (Å²) in [5.41, 5.74) is 2.60. The Hall–Kier alpha value is -2.06. The molecule has 22 heavy (non-hydrogen) atoms. The van der Waals surface area contributed by atoms with E-state index in [4.69, 9.17) is 0 Å². The zero-order valence-electron chi connectivity index (χ0n) is 13.4. The second kappa shape index (κ2) is 7.28. The fourth-order valence-electron chi connectivity index (χ4n) is 2.56. The monoisotopic (exact) mass is 295 g/mol.